The fraction of sp³-hybridized carbons (Fsp3) is 0.238. The van der Waals surface area contributed by atoms with Crippen molar-refractivity contribution in [3.05, 3.63) is 70.3 Å². The molecule has 2 rings (SSSR count). The highest BCUT2D eigenvalue weighted by Crippen LogP contribution is 2.14. The van der Waals surface area contributed by atoms with E-state index in [9.17, 15) is 8.78 Å². The maximum absolute atomic E-state index is 14.1. The van der Waals surface area contributed by atoms with Crippen LogP contribution in [0, 0.1) is 42.2 Å². The van der Waals surface area contributed by atoms with Crippen molar-refractivity contribution in [2.75, 3.05) is 5.33 Å². The predicted octanol–water partition coefficient (Wildman–Crippen LogP) is 5.59. The molecule has 0 radical (unpaired) electrons. The quantitative estimate of drug-likeness (QED) is 0.366. The standard InChI is InChI=1S/C21H17BrF2/c1-16-7-6-9-17(13-16)10-11-19-20(23)14-18(15-21(19)24)8-4-2-3-5-12-22/h6-7,9,13-15H,2-3,5,12H2,1H3. The highest BCUT2D eigenvalue weighted by Gasteiger charge is 2.08. The van der Waals surface area contributed by atoms with E-state index in [1.54, 1.807) is 0 Å². The van der Waals surface area contributed by atoms with Crippen molar-refractivity contribution in [1.82, 2.24) is 0 Å². The van der Waals surface area contributed by atoms with Crippen molar-refractivity contribution >= 4 is 15.9 Å². The third-order valence-electron chi connectivity index (χ3n) is 3.31. The van der Waals surface area contributed by atoms with Crippen molar-refractivity contribution in [3.8, 4) is 23.7 Å². The molecule has 0 fully saturated rings. The van der Waals surface area contributed by atoms with Gasteiger partial charge < -0.3 is 0 Å². The molecule has 122 valence electrons. The van der Waals surface area contributed by atoms with Gasteiger partial charge in [0.1, 0.15) is 11.6 Å². The van der Waals surface area contributed by atoms with Gasteiger partial charge in [-0.15, -0.1) is 0 Å². The number of aryl methyl sites for hydroxylation is 1. The number of unbranched alkanes of at least 4 members (excludes halogenated alkanes) is 2. The lowest BCUT2D eigenvalue weighted by molar-refractivity contribution is 0.577. The second-order valence-corrected chi connectivity index (χ2v) is 6.18. The molecule has 0 atom stereocenters. The van der Waals surface area contributed by atoms with Crippen LogP contribution in [0.25, 0.3) is 0 Å². The molecule has 0 spiro atoms. The first-order valence-electron chi connectivity index (χ1n) is 7.72. The largest absolute Gasteiger partial charge is 0.205 e. The molecule has 2 aromatic carbocycles. The monoisotopic (exact) mass is 386 g/mol. The minimum atomic E-state index is -0.681. The fourth-order valence-electron chi connectivity index (χ4n) is 2.09. The minimum Gasteiger partial charge on any atom is -0.205 e. The van der Waals surface area contributed by atoms with Gasteiger partial charge in [0.2, 0.25) is 0 Å². The van der Waals surface area contributed by atoms with Crippen molar-refractivity contribution < 1.29 is 8.78 Å². The zero-order valence-electron chi connectivity index (χ0n) is 13.4. The number of benzene rings is 2. The van der Waals surface area contributed by atoms with Gasteiger partial charge in [-0.1, -0.05) is 51.7 Å². The summed E-state index contributed by atoms with van der Waals surface area (Å²) < 4.78 is 28.2. The lowest BCUT2D eigenvalue weighted by Gasteiger charge is -1.99. The molecule has 0 amide bonds. The van der Waals surface area contributed by atoms with Crippen molar-refractivity contribution in [2.45, 2.75) is 26.2 Å². The number of alkyl halides is 1. The normalized spacial score (nSPS) is 9.67. The molecule has 0 aliphatic heterocycles. The molecule has 0 saturated carbocycles. The Morgan fingerprint density at radius 1 is 0.917 bits per heavy atom. The van der Waals surface area contributed by atoms with Gasteiger partial charge in [-0.05, 0) is 49.6 Å². The van der Waals surface area contributed by atoms with Crippen molar-refractivity contribution in [1.29, 1.82) is 0 Å². The third-order valence-corrected chi connectivity index (χ3v) is 3.87. The van der Waals surface area contributed by atoms with Crippen molar-refractivity contribution in [2.24, 2.45) is 0 Å². The molecule has 0 saturated heterocycles. The van der Waals surface area contributed by atoms with Crippen LogP contribution in [0.2, 0.25) is 0 Å². The van der Waals surface area contributed by atoms with Gasteiger partial charge in [-0.2, -0.15) is 0 Å². The molecule has 0 aromatic heterocycles. The topological polar surface area (TPSA) is 0 Å². The van der Waals surface area contributed by atoms with Gasteiger partial charge in [0.15, 0.2) is 0 Å². The Bertz CT molecular complexity index is 809. The van der Waals surface area contributed by atoms with Crippen LogP contribution in [0.1, 0.15) is 41.5 Å². The van der Waals surface area contributed by atoms with Crippen LogP contribution >= 0.6 is 15.9 Å². The Kier molecular flexibility index (Phi) is 7.04. The van der Waals surface area contributed by atoms with Crippen LogP contribution in [0.3, 0.4) is 0 Å². The summed E-state index contributed by atoms with van der Waals surface area (Å²) in [6, 6.07) is 9.96. The summed E-state index contributed by atoms with van der Waals surface area (Å²) in [7, 11) is 0. The van der Waals surface area contributed by atoms with Gasteiger partial charge in [-0.25, -0.2) is 8.78 Å². The van der Waals surface area contributed by atoms with E-state index >= 15 is 0 Å². The zero-order valence-corrected chi connectivity index (χ0v) is 15.0. The number of halogens is 3. The molecule has 0 N–H and O–H groups in total. The van der Waals surface area contributed by atoms with Crippen LogP contribution in [-0.2, 0) is 0 Å². The second-order valence-electron chi connectivity index (χ2n) is 5.38. The molecule has 3 heteroatoms. The van der Waals surface area contributed by atoms with Crippen LogP contribution < -0.4 is 0 Å². The Hall–Kier alpha value is -2.10. The van der Waals surface area contributed by atoms with Gasteiger partial charge in [-0.3, -0.25) is 0 Å². The second kappa shape index (κ2) is 9.26. The summed E-state index contributed by atoms with van der Waals surface area (Å²) in [5.74, 6) is 9.75. The third kappa shape index (κ3) is 5.52. The molecule has 0 aliphatic rings. The van der Waals surface area contributed by atoms with E-state index in [0.29, 0.717) is 12.0 Å². The first-order chi connectivity index (χ1) is 11.6. The average molecular weight is 387 g/mol. The summed E-state index contributed by atoms with van der Waals surface area (Å²) in [6.07, 6.45) is 2.71. The molecule has 24 heavy (non-hydrogen) atoms. The highest BCUT2D eigenvalue weighted by atomic mass is 79.9. The van der Waals surface area contributed by atoms with Crippen LogP contribution in [-0.4, -0.2) is 5.33 Å². The first kappa shape index (κ1) is 18.2. The summed E-state index contributed by atoms with van der Waals surface area (Å²) in [4.78, 5) is 0. The van der Waals surface area contributed by atoms with Gasteiger partial charge in [0.05, 0.1) is 5.56 Å². The van der Waals surface area contributed by atoms with Gasteiger partial charge >= 0.3 is 0 Å². The molecule has 0 heterocycles. The van der Waals surface area contributed by atoms with Crippen LogP contribution in [0.4, 0.5) is 8.78 Å². The van der Waals surface area contributed by atoms with E-state index in [1.807, 2.05) is 31.2 Å². The number of hydrogen-bond donors (Lipinski definition) is 0. The molecular formula is C21H17BrF2. The van der Waals surface area contributed by atoms with E-state index in [1.165, 1.54) is 12.1 Å². The lowest BCUT2D eigenvalue weighted by atomic mass is 10.1. The van der Waals surface area contributed by atoms with E-state index in [0.717, 1.165) is 29.3 Å². The SMILES string of the molecule is Cc1cccc(C#Cc2c(F)cc(C#CCCCCBr)cc2F)c1. The van der Waals surface area contributed by atoms with E-state index in [-0.39, 0.29) is 5.56 Å². The summed E-state index contributed by atoms with van der Waals surface area (Å²) >= 11 is 3.35. The Morgan fingerprint density at radius 2 is 1.67 bits per heavy atom. The molecule has 0 unspecified atom stereocenters. The molecule has 0 nitrogen and oxygen atoms in total. The van der Waals surface area contributed by atoms with Gasteiger partial charge in [0, 0.05) is 22.9 Å². The minimum absolute atomic E-state index is 0.221. The number of rotatable bonds is 3. The highest BCUT2D eigenvalue weighted by molar-refractivity contribution is 9.09. The number of hydrogen-bond acceptors (Lipinski definition) is 0. The fourth-order valence-corrected chi connectivity index (χ4v) is 2.49. The maximum Gasteiger partial charge on any atom is 0.143 e. The van der Waals surface area contributed by atoms with Crippen LogP contribution in [0.15, 0.2) is 36.4 Å². The average Bonchev–Trinajstić information content (AvgIpc) is 2.54. The summed E-state index contributed by atoms with van der Waals surface area (Å²) in [6.45, 7) is 1.94. The lowest BCUT2D eigenvalue weighted by Crippen LogP contribution is -1.92. The first-order valence-corrected chi connectivity index (χ1v) is 8.85. The molecule has 0 bridgehead atoms. The summed E-state index contributed by atoms with van der Waals surface area (Å²) in [5, 5.41) is 0.937. The maximum atomic E-state index is 14.1. The van der Waals surface area contributed by atoms with E-state index < -0.39 is 11.6 Å². The Balaban J connectivity index is 2.19. The molecule has 0 aliphatic carbocycles. The molecular weight excluding hydrogens is 370 g/mol. The predicted molar refractivity (Wildman–Crippen MR) is 98.0 cm³/mol. The smallest absolute Gasteiger partial charge is 0.143 e. The Labute approximate surface area is 150 Å². The van der Waals surface area contributed by atoms with E-state index in [4.69, 9.17) is 0 Å². The van der Waals surface area contributed by atoms with Crippen LogP contribution in [0.5, 0.6) is 0 Å². The molecule has 2 aromatic rings. The zero-order chi connectivity index (χ0) is 17.4. The Morgan fingerprint density at radius 3 is 2.33 bits per heavy atom. The van der Waals surface area contributed by atoms with Gasteiger partial charge in [0.25, 0.3) is 0 Å². The van der Waals surface area contributed by atoms with Crippen molar-refractivity contribution in [3.63, 3.8) is 0 Å². The van der Waals surface area contributed by atoms with E-state index in [2.05, 4.69) is 39.6 Å². The summed E-state index contributed by atoms with van der Waals surface area (Å²) in [5.41, 5.74) is 1.89.